The molecule has 18 heavy (non-hydrogen) atoms. The van der Waals surface area contributed by atoms with Gasteiger partial charge in [0.2, 0.25) is 0 Å². The Labute approximate surface area is 117 Å². The highest BCUT2D eigenvalue weighted by molar-refractivity contribution is 9.10. The van der Waals surface area contributed by atoms with Gasteiger partial charge in [-0.2, -0.15) is 0 Å². The third-order valence-corrected chi connectivity index (χ3v) is 4.07. The molecule has 1 saturated heterocycles. The first-order valence-corrected chi connectivity index (χ1v) is 7.35. The highest BCUT2D eigenvalue weighted by Gasteiger charge is 2.20. The second-order valence-electron chi connectivity index (χ2n) is 4.91. The van der Waals surface area contributed by atoms with Crippen LogP contribution in [0.2, 0.25) is 0 Å². The molecule has 100 valence electrons. The summed E-state index contributed by atoms with van der Waals surface area (Å²) in [6.45, 7) is 7.29. The summed E-state index contributed by atoms with van der Waals surface area (Å²) in [5.41, 5.74) is 0.731. The molecule has 0 aliphatic carbocycles. The molecule has 0 radical (unpaired) electrons. The van der Waals surface area contributed by atoms with Crippen LogP contribution >= 0.6 is 15.9 Å². The lowest BCUT2D eigenvalue weighted by atomic mass is 10.1. The van der Waals surface area contributed by atoms with Gasteiger partial charge in [0.1, 0.15) is 5.82 Å². The summed E-state index contributed by atoms with van der Waals surface area (Å²) in [6, 6.07) is 5.08. The number of benzene rings is 1. The molecule has 1 unspecified atom stereocenters. The molecule has 1 N–H and O–H groups in total. The van der Waals surface area contributed by atoms with Crippen molar-refractivity contribution in [2.45, 2.75) is 19.9 Å². The molecule has 1 aliphatic rings. The van der Waals surface area contributed by atoms with Crippen molar-refractivity contribution < 1.29 is 4.39 Å². The van der Waals surface area contributed by atoms with E-state index in [0.29, 0.717) is 12.5 Å². The Kier molecular flexibility index (Phi) is 5.15. The van der Waals surface area contributed by atoms with Crippen LogP contribution in [0.25, 0.3) is 0 Å². The predicted octanol–water partition coefficient (Wildman–Crippen LogP) is 3.02. The Hall–Kier alpha value is -0.450. The molecule has 0 bridgehead atoms. The van der Waals surface area contributed by atoms with E-state index in [1.54, 1.807) is 6.07 Å². The van der Waals surface area contributed by atoms with Gasteiger partial charge in [0.25, 0.3) is 0 Å². The number of rotatable bonds is 5. The van der Waals surface area contributed by atoms with Gasteiger partial charge in [0.05, 0.1) is 0 Å². The molecule has 1 aromatic carbocycles. The van der Waals surface area contributed by atoms with Gasteiger partial charge in [-0.3, -0.25) is 0 Å². The topological polar surface area (TPSA) is 15.3 Å². The van der Waals surface area contributed by atoms with E-state index in [0.717, 1.165) is 23.1 Å². The Bertz CT molecular complexity index is 397. The normalized spacial score (nSPS) is 20.5. The quantitative estimate of drug-likeness (QED) is 0.898. The van der Waals surface area contributed by atoms with Gasteiger partial charge in [0.15, 0.2) is 0 Å². The first-order valence-electron chi connectivity index (χ1n) is 6.56. The van der Waals surface area contributed by atoms with Gasteiger partial charge in [-0.25, -0.2) is 4.39 Å². The van der Waals surface area contributed by atoms with Crippen molar-refractivity contribution in [2.75, 3.05) is 26.2 Å². The summed E-state index contributed by atoms with van der Waals surface area (Å²) in [4.78, 5) is 2.46. The first kappa shape index (κ1) is 14.0. The fourth-order valence-corrected chi connectivity index (χ4v) is 2.86. The van der Waals surface area contributed by atoms with Gasteiger partial charge >= 0.3 is 0 Å². The van der Waals surface area contributed by atoms with Crippen molar-refractivity contribution >= 4 is 15.9 Å². The smallest absolute Gasteiger partial charge is 0.127 e. The van der Waals surface area contributed by atoms with Crippen molar-refractivity contribution in [3.05, 3.63) is 34.1 Å². The van der Waals surface area contributed by atoms with E-state index >= 15 is 0 Å². The molecular weight excluding hydrogens is 295 g/mol. The molecule has 1 heterocycles. The van der Waals surface area contributed by atoms with Crippen LogP contribution in [-0.2, 0) is 6.54 Å². The fraction of sp³-hybridized carbons (Fsp3) is 0.571. The van der Waals surface area contributed by atoms with Crippen molar-refractivity contribution in [2.24, 2.45) is 5.92 Å². The zero-order valence-corrected chi connectivity index (χ0v) is 12.3. The van der Waals surface area contributed by atoms with Crippen LogP contribution in [0.15, 0.2) is 22.7 Å². The summed E-state index contributed by atoms with van der Waals surface area (Å²) >= 11 is 3.37. The Morgan fingerprint density at radius 1 is 1.50 bits per heavy atom. The van der Waals surface area contributed by atoms with Gasteiger partial charge in [-0.05, 0) is 50.2 Å². The second-order valence-corrected chi connectivity index (χ2v) is 5.83. The van der Waals surface area contributed by atoms with Crippen molar-refractivity contribution in [1.29, 1.82) is 0 Å². The molecule has 0 amide bonds. The van der Waals surface area contributed by atoms with Crippen molar-refractivity contribution in [1.82, 2.24) is 10.2 Å². The lowest BCUT2D eigenvalue weighted by Crippen LogP contribution is -2.26. The molecule has 0 saturated carbocycles. The van der Waals surface area contributed by atoms with Gasteiger partial charge in [0, 0.05) is 23.1 Å². The van der Waals surface area contributed by atoms with Crippen LogP contribution in [0.4, 0.5) is 4.39 Å². The average Bonchev–Trinajstić information content (AvgIpc) is 2.81. The van der Waals surface area contributed by atoms with E-state index < -0.39 is 0 Å². The zero-order valence-electron chi connectivity index (χ0n) is 10.8. The minimum absolute atomic E-state index is 0.132. The highest BCUT2D eigenvalue weighted by Crippen LogP contribution is 2.17. The third-order valence-electron chi connectivity index (χ3n) is 3.57. The molecule has 1 fully saturated rings. The maximum Gasteiger partial charge on any atom is 0.127 e. The molecule has 0 spiro atoms. The molecule has 2 nitrogen and oxygen atoms in total. The number of likely N-dealkylation sites (tertiary alicyclic amines) is 1. The molecule has 2 rings (SSSR count). The summed E-state index contributed by atoms with van der Waals surface area (Å²) in [6.07, 6.45) is 1.25. The van der Waals surface area contributed by atoms with E-state index in [2.05, 4.69) is 33.1 Å². The summed E-state index contributed by atoms with van der Waals surface area (Å²) in [5.74, 6) is 0.576. The van der Waals surface area contributed by atoms with E-state index in [-0.39, 0.29) is 5.82 Å². The number of nitrogens with one attached hydrogen (secondary N) is 1. The number of nitrogens with zero attached hydrogens (tertiary/aromatic N) is 1. The minimum Gasteiger partial charge on any atom is -0.312 e. The molecule has 0 aromatic heterocycles. The van der Waals surface area contributed by atoms with Crippen LogP contribution in [-0.4, -0.2) is 31.1 Å². The number of halogens is 2. The van der Waals surface area contributed by atoms with Crippen molar-refractivity contribution in [3.63, 3.8) is 0 Å². The third kappa shape index (κ3) is 3.77. The molecule has 4 heteroatoms. The molecular formula is C14H20BrFN2. The molecule has 1 aliphatic heterocycles. The standard InChI is InChI=1S/C14H20BrFN2/c1-2-18-6-5-11(10-18)8-17-9-12-7-13(15)3-4-14(12)16/h3-4,7,11,17H,2,5-6,8-10H2,1H3. The van der Waals surface area contributed by atoms with E-state index in [1.165, 1.54) is 25.6 Å². The van der Waals surface area contributed by atoms with E-state index in [9.17, 15) is 4.39 Å². The number of hydrogen-bond acceptors (Lipinski definition) is 2. The number of hydrogen-bond donors (Lipinski definition) is 1. The summed E-state index contributed by atoms with van der Waals surface area (Å²) < 4.78 is 14.4. The SMILES string of the molecule is CCN1CCC(CNCc2cc(Br)ccc2F)C1. The van der Waals surface area contributed by atoms with Crippen LogP contribution in [0, 0.1) is 11.7 Å². The van der Waals surface area contributed by atoms with Gasteiger partial charge < -0.3 is 10.2 Å². The monoisotopic (exact) mass is 314 g/mol. The first-order chi connectivity index (χ1) is 8.69. The summed E-state index contributed by atoms with van der Waals surface area (Å²) in [5, 5.41) is 3.37. The highest BCUT2D eigenvalue weighted by atomic mass is 79.9. The Morgan fingerprint density at radius 3 is 3.06 bits per heavy atom. The Morgan fingerprint density at radius 2 is 2.33 bits per heavy atom. The predicted molar refractivity (Wildman–Crippen MR) is 76.0 cm³/mol. The largest absolute Gasteiger partial charge is 0.312 e. The summed E-state index contributed by atoms with van der Waals surface area (Å²) in [7, 11) is 0. The second kappa shape index (κ2) is 6.64. The lowest BCUT2D eigenvalue weighted by Gasteiger charge is -2.14. The van der Waals surface area contributed by atoms with Crippen molar-refractivity contribution in [3.8, 4) is 0 Å². The van der Waals surface area contributed by atoms with Crippen LogP contribution in [0.1, 0.15) is 18.9 Å². The maximum atomic E-state index is 13.5. The van der Waals surface area contributed by atoms with E-state index in [4.69, 9.17) is 0 Å². The van der Waals surface area contributed by atoms with Gasteiger partial charge in [-0.15, -0.1) is 0 Å². The Balaban J connectivity index is 1.77. The minimum atomic E-state index is -0.132. The molecule has 1 aromatic rings. The van der Waals surface area contributed by atoms with Crippen LogP contribution in [0.3, 0.4) is 0 Å². The molecule has 1 atom stereocenters. The lowest BCUT2D eigenvalue weighted by molar-refractivity contribution is 0.338. The van der Waals surface area contributed by atoms with Crippen LogP contribution < -0.4 is 5.32 Å². The van der Waals surface area contributed by atoms with E-state index in [1.807, 2.05) is 6.07 Å². The van der Waals surface area contributed by atoms with Crippen LogP contribution in [0.5, 0.6) is 0 Å². The zero-order chi connectivity index (χ0) is 13.0. The maximum absolute atomic E-state index is 13.5. The fourth-order valence-electron chi connectivity index (χ4n) is 2.46. The average molecular weight is 315 g/mol. The van der Waals surface area contributed by atoms with Gasteiger partial charge in [-0.1, -0.05) is 22.9 Å².